The van der Waals surface area contributed by atoms with E-state index < -0.39 is 225 Å². The molecule has 8 aliphatic rings. The summed E-state index contributed by atoms with van der Waals surface area (Å²) in [7, 11) is -2.42. The van der Waals surface area contributed by atoms with Crippen molar-refractivity contribution in [3.05, 3.63) is 147 Å². The number of hydrogen-bond donors (Lipinski definition) is 20. The SMILES string of the molecule is CCCCCOc1ccc(S(=O)(=O)NCCNCCNCc2c(O)cc3c(c2C)-c2cc(ccc2O)[C@H]2NC(=O)[C@@H]4NC(=O)[C@H](CC(N)=O)NC(=O)[C@H](NC(=O)[C@@H](CC(C)C)NC)[C@H](O)c5ccc(c(C)c5)Oc5cc4cc(c5O[C@@H]4O[C@H](CO)[C@@H](O)[C@H](O)[C@H]4O[C@H]4C[C@]5(C)NC(=O)O[C@@H]5[C@H](C)O4)Oc4ccc(cc4Cl)[C@@H](O)[C@H](NC2=O)C(=O)N[C@@H]3C(=O)O)cc1. The maximum Gasteiger partial charge on any atom is 0.408 e. The van der Waals surface area contributed by atoms with E-state index in [2.05, 4.69) is 64.8 Å². The molecule has 0 aliphatic carbocycles. The molecular weight excluding hydrogens is 1690 g/mol. The molecule has 39 nitrogen and oxygen atoms in total. The molecule has 18 atom stereocenters. The summed E-state index contributed by atoms with van der Waals surface area (Å²) in [4.78, 5) is 133. The number of carbonyl (C=O) groups excluding carboxylic acids is 8. The van der Waals surface area contributed by atoms with Gasteiger partial charge in [-0.3, -0.25) is 33.6 Å². The number of phenolic OH excluding ortho intramolecular Hbond substituents is 2. The fourth-order valence-corrected chi connectivity index (χ4v) is 17.3. The number of sulfonamides is 1. The van der Waals surface area contributed by atoms with Crippen molar-refractivity contribution < 1.29 is 130 Å². The Kier molecular flexibility index (Phi) is 30.1. The van der Waals surface area contributed by atoms with Crippen molar-refractivity contribution in [1.29, 1.82) is 0 Å². The van der Waals surface area contributed by atoms with Crippen molar-refractivity contribution in [2.45, 2.75) is 208 Å². The number of aliphatic hydroxyl groups excluding tert-OH is 5. The molecule has 0 spiro atoms. The van der Waals surface area contributed by atoms with Crippen molar-refractivity contribution in [3.8, 4) is 57.1 Å². The number of alkyl carbamates (subject to hydrolysis) is 1. The molecule has 3 saturated heterocycles. The lowest BCUT2D eigenvalue weighted by molar-refractivity contribution is -0.332. The van der Waals surface area contributed by atoms with Crippen molar-refractivity contribution in [2.75, 3.05) is 46.4 Å². The van der Waals surface area contributed by atoms with Crippen LogP contribution in [-0.2, 0) is 73.9 Å². The first-order valence-corrected chi connectivity index (χ1v) is 43.0. The van der Waals surface area contributed by atoms with Gasteiger partial charge in [0.15, 0.2) is 36.0 Å². The summed E-state index contributed by atoms with van der Waals surface area (Å²) >= 11 is 7.20. The Morgan fingerprint density at radius 3 is 2.05 bits per heavy atom. The summed E-state index contributed by atoms with van der Waals surface area (Å²) in [5.74, 6) is -13.6. The van der Waals surface area contributed by atoms with Crippen LogP contribution in [-0.4, -0.2) is 228 Å². The van der Waals surface area contributed by atoms with E-state index in [-0.39, 0.29) is 118 Å². The Bertz CT molecular complexity index is 5210. The number of aliphatic carboxylic acids is 1. The lowest BCUT2D eigenvalue weighted by Crippen LogP contribution is -2.63. The van der Waals surface area contributed by atoms with Gasteiger partial charge in [0.2, 0.25) is 63.4 Å². The summed E-state index contributed by atoms with van der Waals surface area (Å²) in [6, 6.07) is 5.99. The Labute approximate surface area is 729 Å². The van der Waals surface area contributed by atoms with Gasteiger partial charge in [0.25, 0.3) is 0 Å². The van der Waals surface area contributed by atoms with Crippen LogP contribution in [0.5, 0.6) is 46.0 Å². The molecule has 0 radical (unpaired) electrons. The lowest BCUT2D eigenvalue weighted by atomic mass is 9.85. The van der Waals surface area contributed by atoms with Gasteiger partial charge in [-0.15, -0.1) is 0 Å². The predicted molar refractivity (Wildman–Crippen MR) is 447 cm³/mol. The second kappa shape index (κ2) is 40.3. The first-order valence-electron chi connectivity index (χ1n) is 41.1. The highest BCUT2D eigenvalue weighted by molar-refractivity contribution is 7.89. The maximum absolute atomic E-state index is 16.5. The maximum atomic E-state index is 16.5. The number of nitrogens with one attached hydrogen (secondary N) is 11. The Morgan fingerprint density at radius 1 is 0.722 bits per heavy atom. The van der Waals surface area contributed by atoms with E-state index in [4.69, 9.17) is 55.2 Å². The van der Waals surface area contributed by atoms with Gasteiger partial charge in [0.05, 0.1) is 47.2 Å². The van der Waals surface area contributed by atoms with Gasteiger partial charge in [0.1, 0.15) is 89.5 Å². The summed E-state index contributed by atoms with van der Waals surface area (Å²) in [6.45, 7) is 11.9. The molecule has 6 aromatic rings. The minimum Gasteiger partial charge on any atom is -0.508 e. The molecule has 21 N–H and O–H groups in total. The molecular formula is C85H105ClN12O27S. The molecule has 8 heterocycles. The number of primary amides is 1. The number of phenols is 2. The second-order valence-electron chi connectivity index (χ2n) is 32.4. The van der Waals surface area contributed by atoms with Crippen molar-refractivity contribution in [3.63, 3.8) is 0 Å². The van der Waals surface area contributed by atoms with Gasteiger partial charge in [-0.1, -0.05) is 63.4 Å². The number of likely N-dealkylation sites (N-methyl/N-ethyl adjacent to an activating group) is 1. The molecule has 3 fully saturated rings. The van der Waals surface area contributed by atoms with Crippen molar-refractivity contribution in [1.82, 2.24) is 57.9 Å². The van der Waals surface area contributed by atoms with E-state index in [1.807, 2.05) is 13.8 Å². The number of hydrogen-bond acceptors (Lipinski definition) is 29. The zero-order valence-corrected chi connectivity index (χ0v) is 71.6. The third kappa shape index (κ3) is 21.3. The van der Waals surface area contributed by atoms with E-state index >= 15 is 24.0 Å². The fourth-order valence-electron chi connectivity index (χ4n) is 16.0. The summed E-state index contributed by atoms with van der Waals surface area (Å²) < 4.78 is 79.6. The molecule has 11 bridgehead atoms. The number of aliphatic hydroxyl groups is 5. The van der Waals surface area contributed by atoms with Crippen LogP contribution in [0.25, 0.3) is 11.1 Å². The van der Waals surface area contributed by atoms with Crippen LogP contribution in [0.4, 0.5) is 4.79 Å². The van der Waals surface area contributed by atoms with Crippen LogP contribution in [0.2, 0.25) is 5.02 Å². The van der Waals surface area contributed by atoms with Gasteiger partial charge >= 0.3 is 12.1 Å². The van der Waals surface area contributed by atoms with Crippen LogP contribution >= 0.6 is 11.6 Å². The number of aryl methyl sites for hydroxylation is 1. The quantitative estimate of drug-likeness (QED) is 0.0314. The molecule has 0 aromatic heterocycles. The third-order valence-corrected chi connectivity index (χ3v) is 24.4. The number of halogens is 1. The number of aromatic hydroxyl groups is 2. The molecule has 126 heavy (non-hydrogen) atoms. The standard InChI is InChI=1S/C85H105ClN12O27S/c1-9-10-11-26-118-46-15-17-47(18-16-46)126(116,117)91-25-24-89-22-23-90-36-50-40(5)63-48-29-42(12-19-54(48)100)64-78(109)97-68(81(112)95-66(82(113)114)49(63)33-55(50)101)70(104)44-14-21-57(51(86)30-44)121-59-32-45-31-58(73(59)124-83-74(72(106)71(105)60(37-99)122-83)123-62-35-85(7)75(41(6)119-62)125-84(115)98-85)120-56-20-13-43(28-39(56)4)69(103)67(96-76(107)52(88-8)27-38(2)3)80(111)92-53(34-61(87)102)77(108)93-65(45)79(110)94-64/h12-21,28-33,38,41,52-53,60,62,64-72,74-75,83,88-91,99-101,103-106H,9-11,22-27,34-37H2,1-8H3,(H2,87,102)(H,92,111)(H,93,108)(H,94,110)(H,95,112)(H,96,107)(H,97,109)(H,98,115)(H,113,114)/t41-,52+,53-,60+,62-,64+,65+,66-,67+,68-,69+,70+,71+,72-,74+,75+,83-,85-/m0/s1. The topological polar surface area (TPSA) is 582 Å². The second-order valence-corrected chi connectivity index (χ2v) is 34.5. The zero-order chi connectivity index (χ0) is 91.1. The molecule has 680 valence electrons. The highest BCUT2D eigenvalue weighted by Gasteiger charge is 2.56. The van der Waals surface area contributed by atoms with Gasteiger partial charge in [-0.25, -0.2) is 22.7 Å². The smallest absolute Gasteiger partial charge is 0.408 e. The largest absolute Gasteiger partial charge is 0.508 e. The van der Waals surface area contributed by atoms with Crippen molar-refractivity contribution >= 4 is 75.0 Å². The average molecular weight is 1790 g/mol. The Hall–Kier alpha value is -11.1. The number of nitrogens with two attached hydrogens (primary N) is 1. The normalized spacial score (nSPS) is 26.4. The van der Waals surface area contributed by atoms with Gasteiger partial charge < -0.3 is 138 Å². The summed E-state index contributed by atoms with van der Waals surface area (Å²) in [5.41, 5.74) is 3.24. The molecule has 8 aliphatic heterocycles. The number of ether oxygens (including phenoxy) is 8. The van der Waals surface area contributed by atoms with E-state index in [9.17, 15) is 68.4 Å². The minimum absolute atomic E-state index is 0.0124. The number of carboxylic acid groups (broad SMARTS) is 1. The summed E-state index contributed by atoms with van der Waals surface area (Å²) in [6.07, 6.45) is -15.7. The number of benzene rings is 6. The molecule has 8 amide bonds. The minimum atomic E-state index is -3.91. The highest BCUT2D eigenvalue weighted by Crippen LogP contribution is 2.50. The highest BCUT2D eigenvalue weighted by atomic mass is 35.5. The summed E-state index contributed by atoms with van der Waals surface area (Å²) in [5, 5.41) is 122. The van der Waals surface area contributed by atoms with Gasteiger partial charge in [-0.2, -0.15) is 0 Å². The monoisotopic (exact) mass is 1790 g/mol. The van der Waals surface area contributed by atoms with Crippen LogP contribution in [0.1, 0.15) is 148 Å². The molecule has 0 unspecified atom stereocenters. The number of unbranched alkanes of at least 4 members (excludes halogenated alkanes) is 2. The van der Waals surface area contributed by atoms with Crippen molar-refractivity contribution in [2.24, 2.45) is 11.7 Å². The number of carbonyl (C=O) groups is 9. The van der Waals surface area contributed by atoms with E-state index in [0.717, 1.165) is 61.7 Å². The first-order chi connectivity index (χ1) is 59.9. The Morgan fingerprint density at radius 2 is 1.38 bits per heavy atom. The number of amides is 8. The lowest BCUT2D eigenvalue weighted by Gasteiger charge is -2.46. The van der Waals surface area contributed by atoms with E-state index in [0.29, 0.717) is 12.4 Å². The van der Waals surface area contributed by atoms with Gasteiger partial charge in [-0.05, 0) is 177 Å². The number of fused-ring (bicyclic) bond motifs is 16. The fraction of sp³-hybridized carbons (Fsp3) is 0.471. The zero-order valence-electron chi connectivity index (χ0n) is 70.0. The predicted octanol–water partition coefficient (Wildman–Crippen LogP) is 2.38. The Balaban J connectivity index is 0.983. The first kappa shape index (κ1) is 94.1. The molecule has 14 rings (SSSR count). The molecule has 41 heteroatoms. The average Bonchev–Trinajstić information content (AvgIpc) is 1.36. The molecule has 6 aromatic carbocycles. The van der Waals surface area contributed by atoms with Crippen LogP contribution < -0.4 is 82.6 Å². The van der Waals surface area contributed by atoms with Crippen LogP contribution in [0, 0.1) is 19.8 Å². The van der Waals surface area contributed by atoms with Gasteiger partial charge in [0, 0.05) is 50.3 Å². The van der Waals surface area contributed by atoms with E-state index in [1.165, 1.54) is 63.4 Å². The van der Waals surface area contributed by atoms with Crippen LogP contribution in [0.15, 0.2) is 102 Å². The number of carboxylic acids is 1. The van der Waals surface area contributed by atoms with Crippen LogP contribution in [0.3, 0.4) is 0 Å². The third-order valence-electron chi connectivity index (χ3n) is 22.7. The number of rotatable bonds is 28. The van der Waals surface area contributed by atoms with E-state index in [1.54, 1.807) is 26.0 Å². The molecule has 0 saturated carbocycles.